The minimum Gasteiger partial charge on any atom is -0.507 e. The number of nitrogens with one attached hydrogen (secondary N) is 1. The van der Waals surface area contributed by atoms with E-state index in [1.165, 1.54) is 13.3 Å². The lowest BCUT2D eigenvalue weighted by Gasteiger charge is -2.10. The standard InChI is InChI=1S/C22H24N2O4/c1-3-10-28-17-9-8-15(21(25)12-17)13-24-20(22(26)27-2)11-16-14-23-19-7-5-4-6-18(16)19/h4-9,12-14,20,23,25H,3,10-11H2,1-2H3/t20-/m1/s1. The first kappa shape index (κ1) is 19.5. The molecule has 28 heavy (non-hydrogen) atoms. The summed E-state index contributed by atoms with van der Waals surface area (Å²) in [5.74, 6) is 0.219. The molecular weight excluding hydrogens is 356 g/mol. The average molecular weight is 380 g/mol. The fourth-order valence-electron chi connectivity index (χ4n) is 2.95. The van der Waals surface area contributed by atoms with E-state index < -0.39 is 12.0 Å². The predicted molar refractivity (Wildman–Crippen MR) is 109 cm³/mol. The number of methoxy groups -OCH3 is 1. The molecule has 0 radical (unpaired) electrons. The van der Waals surface area contributed by atoms with Crippen molar-refractivity contribution in [2.45, 2.75) is 25.8 Å². The summed E-state index contributed by atoms with van der Waals surface area (Å²) in [4.78, 5) is 19.8. The Hall–Kier alpha value is -3.28. The molecule has 3 rings (SSSR count). The number of hydrogen-bond donors (Lipinski definition) is 2. The van der Waals surface area contributed by atoms with Crippen molar-refractivity contribution in [2.24, 2.45) is 4.99 Å². The van der Waals surface area contributed by atoms with Crippen molar-refractivity contribution in [1.82, 2.24) is 4.98 Å². The molecule has 3 aromatic rings. The van der Waals surface area contributed by atoms with E-state index in [4.69, 9.17) is 9.47 Å². The monoisotopic (exact) mass is 380 g/mol. The van der Waals surface area contributed by atoms with Crippen LogP contribution in [0.3, 0.4) is 0 Å². The fourth-order valence-corrected chi connectivity index (χ4v) is 2.95. The van der Waals surface area contributed by atoms with Gasteiger partial charge in [0.1, 0.15) is 11.5 Å². The van der Waals surface area contributed by atoms with E-state index >= 15 is 0 Å². The Bertz CT molecular complexity index is 978. The molecule has 6 heteroatoms. The molecule has 0 fully saturated rings. The number of phenols is 1. The number of rotatable bonds is 8. The normalized spacial score (nSPS) is 12.4. The highest BCUT2D eigenvalue weighted by molar-refractivity contribution is 5.88. The number of fused-ring (bicyclic) bond motifs is 1. The number of benzene rings is 2. The predicted octanol–water partition coefficient (Wildman–Crippen LogP) is 3.87. The van der Waals surface area contributed by atoms with Crippen LogP contribution >= 0.6 is 0 Å². The molecule has 0 unspecified atom stereocenters. The molecule has 6 nitrogen and oxygen atoms in total. The van der Waals surface area contributed by atoms with E-state index in [0.717, 1.165) is 22.9 Å². The number of nitrogens with zero attached hydrogens (tertiary/aromatic N) is 1. The summed E-state index contributed by atoms with van der Waals surface area (Å²) in [6.07, 6.45) is 4.66. The maximum Gasteiger partial charge on any atom is 0.330 e. The van der Waals surface area contributed by atoms with Gasteiger partial charge >= 0.3 is 5.97 Å². The van der Waals surface area contributed by atoms with Gasteiger partial charge in [-0.05, 0) is 30.2 Å². The van der Waals surface area contributed by atoms with Gasteiger partial charge in [-0.3, -0.25) is 4.99 Å². The summed E-state index contributed by atoms with van der Waals surface area (Å²) >= 11 is 0. The number of aromatic amines is 1. The Morgan fingerprint density at radius 3 is 2.86 bits per heavy atom. The molecule has 0 aliphatic carbocycles. The molecule has 1 aromatic heterocycles. The highest BCUT2D eigenvalue weighted by Gasteiger charge is 2.20. The highest BCUT2D eigenvalue weighted by atomic mass is 16.5. The number of ether oxygens (including phenoxy) is 2. The SMILES string of the molecule is CCCOc1ccc(C=N[C@H](Cc2c[nH]c3ccccc23)C(=O)OC)c(O)c1. The van der Waals surface area contributed by atoms with Crippen LogP contribution in [0.25, 0.3) is 10.9 Å². The first-order valence-corrected chi connectivity index (χ1v) is 9.24. The number of carbonyl (C=O) groups excluding carboxylic acids is 1. The zero-order valence-corrected chi connectivity index (χ0v) is 16.0. The average Bonchev–Trinajstić information content (AvgIpc) is 3.12. The summed E-state index contributed by atoms with van der Waals surface area (Å²) in [6, 6.07) is 12.2. The maximum absolute atomic E-state index is 12.2. The molecule has 1 heterocycles. The molecule has 146 valence electrons. The molecular formula is C22H24N2O4. The van der Waals surface area contributed by atoms with E-state index in [2.05, 4.69) is 9.98 Å². The second-order valence-corrected chi connectivity index (χ2v) is 6.45. The second-order valence-electron chi connectivity index (χ2n) is 6.45. The number of aliphatic imine (C=N–C) groups is 1. The van der Waals surface area contributed by atoms with E-state index in [-0.39, 0.29) is 5.75 Å². The van der Waals surface area contributed by atoms with Crippen molar-refractivity contribution in [1.29, 1.82) is 0 Å². The molecule has 0 aliphatic heterocycles. The first-order chi connectivity index (χ1) is 13.6. The molecule has 2 aromatic carbocycles. The third-order valence-electron chi connectivity index (χ3n) is 4.43. The van der Waals surface area contributed by atoms with E-state index in [1.54, 1.807) is 18.2 Å². The van der Waals surface area contributed by atoms with Gasteiger partial charge in [-0.15, -0.1) is 0 Å². The molecule has 0 amide bonds. The van der Waals surface area contributed by atoms with E-state index in [9.17, 15) is 9.90 Å². The lowest BCUT2D eigenvalue weighted by atomic mass is 10.1. The zero-order valence-electron chi connectivity index (χ0n) is 16.0. The van der Waals surface area contributed by atoms with Gasteiger partial charge in [0.25, 0.3) is 0 Å². The van der Waals surface area contributed by atoms with Gasteiger partial charge in [0, 0.05) is 41.4 Å². The third-order valence-corrected chi connectivity index (χ3v) is 4.43. The largest absolute Gasteiger partial charge is 0.507 e. The Kier molecular flexibility index (Phi) is 6.32. The van der Waals surface area contributed by atoms with Crippen LogP contribution in [0.15, 0.2) is 53.7 Å². The quantitative estimate of drug-likeness (QED) is 0.459. The van der Waals surface area contributed by atoms with Crippen LogP contribution in [0, 0.1) is 0 Å². The maximum atomic E-state index is 12.2. The number of para-hydroxylation sites is 1. The van der Waals surface area contributed by atoms with Crippen molar-refractivity contribution in [3.05, 3.63) is 59.8 Å². The lowest BCUT2D eigenvalue weighted by molar-refractivity contribution is -0.142. The smallest absolute Gasteiger partial charge is 0.330 e. The van der Waals surface area contributed by atoms with Crippen molar-refractivity contribution in [2.75, 3.05) is 13.7 Å². The van der Waals surface area contributed by atoms with Gasteiger partial charge in [0.15, 0.2) is 6.04 Å². The van der Waals surface area contributed by atoms with Gasteiger partial charge in [-0.1, -0.05) is 25.1 Å². The number of H-pyrrole nitrogens is 1. The van der Waals surface area contributed by atoms with Gasteiger partial charge in [0.2, 0.25) is 0 Å². The fraction of sp³-hybridized carbons (Fsp3) is 0.273. The molecule has 0 aliphatic rings. The lowest BCUT2D eigenvalue weighted by Crippen LogP contribution is -2.23. The summed E-state index contributed by atoms with van der Waals surface area (Å²) < 4.78 is 10.4. The minimum absolute atomic E-state index is 0.0491. The Labute approximate surface area is 163 Å². The van der Waals surface area contributed by atoms with Crippen LogP contribution in [-0.2, 0) is 16.0 Å². The molecule has 0 bridgehead atoms. The summed E-state index contributed by atoms with van der Waals surface area (Å²) in [6.45, 7) is 2.60. The van der Waals surface area contributed by atoms with Crippen molar-refractivity contribution in [3.63, 3.8) is 0 Å². The molecule has 0 spiro atoms. The van der Waals surface area contributed by atoms with E-state index in [0.29, 0.717) is 24.3 Å². The molecule has 0 saturated heterocycles. The minimum atomic E-state index is -0.709. The van der Waals surface area contributed by atoms with Gasteiger partial charge in [-0.25, -0.2) is 4.79 Å². The van der Waals surface area contributed by atoms with E-state index in [1.807, 2.05) is 37.4 Å². The molecule has 1 atom stereocenters. The van der Waals surface area contributed by atoms with Crippen molar-refractivity contribution in [3.8, 4) is 11.5 Å². The third kappa shape index (κ3) is 4.52. The number of carbonyl (C=O) groups is 1. The number of phenolic OH excluding ortho intramolecular Hbond substituents is 1. The van der Waals surface area contributed by atoms with Crippen LogP contribution < -0.4 is 4.74 Å². The van der Waals surface area contributed by atoms with Crippen LogP contribution in [0.4, 0.5) is 0 Å². The molecule has 0 saturated carbocycles. The Balaban J connectivity index is 1.80. The number of hydrogen-bond acceptors (Lipinski definition) is 5. The topological polar surface area (TPSA) is 83.9 Å². The molecule has 2 N–H and O–H groups in total. The van der Waals surface area contributed by atoms with Crippen molar-refractivity contribution < 1.29 is 19.4 Å². The van der Waals surface area contributed by atoms with Crippen LogP contribution in [0.5, 0.6) is 11.5 Å². The van der Waals surface area contributed by atoms with Gasteiger partial charge < -0.3 is 19.6 Å². The highest BCUT2D eigenvalue weighted by Crippen LogP contribution is 2.23. The van der Waals surface area contributed by atoms with Crippen LogP contribution in [-0.4, -0.2) is 42.0 Å². The van der Waals surface area contributed by atoms with Crippen molar-refractivity contribution >= 4 is 23.1 Å². The van der Waals surface area contributed by atoms with Crippen LogP contribution in [0.1, 0.15) is 24.5 Å². The Morgan fingerprint density at radius 2 is 2.11 bits per heavy atom. The van der Waals surface area contributed by atoms with Gasteiger partial charge in [0.05, 0.1) is 13.7 Å². The van der Waals surface area contributed by atoms with Gasteiger partial charge in [-0.2, -0.15) is 0 Å². The second kappa shape index (κ2) is 9.08. The summed E-state index contributed by atoms with van der Waals surface area (Å²) in [7, 11) is 1.34. The zero-order chi connectivity index (χ0) is 19.9. The van der Waals surface area contributed by atoms with Crippen LogP contribution in [0.2, 0.25) is 0 Å². The number of aromatic nitrogens is 1. The first-order valence-electron chi connectivity index (χ1n) is 9.24. The summed E-state index contributed by atoms with van der Waals surface area (Å²) in [5.41, 5.74) is 2.50. The number of aromatic hydroxyl groups is 1. The number of esters is 1. The Morgan fingerprint density at radius 1 is 1.29 bits per heavy atom. The summed E-state index contributed by atoms with van der Waals surface area (Å²) in [5, 5.41) is 11.3.